The summed E-state index contributed by atoms with van der Waals surface area (Å²) < 4.78 is 12.0. The molecule has 1 N–H and O–H groups in total. The third-order valence-corrected chi connectivity index (χ3v) is 13.1. The third kappa shape index (κ3) is 2.71. The molecule has 1 heterocycles. The van der Waals surface area contributed by atoms with Gasteiger partial charge in [-0.2, -0.15) is 0 Å². The number of alkyl carbamates (subject to hydrolysis) is 1. The second-order valence-corrected chi connectivity index (χ2v) is 14.2. The van der Waals surface area contributed by atoms with Crippen molar-refractivity contribution in [1.82, 2.24) is 5.32 Å². The fourth-order valence-electron chi connectivity index (χ4n) is 11.3. The Morgan fingerprint density at radius 2 is 1.73 bits per heavy atom. The van der Waals surface area contributed by atoms with Gasteiger partial charge in [0.1, 0.15) is 6.10 Å². The highest BCUT2D eigenvalue weighted by atomic mass is 16.6. The molecule has 7 aliphatic rings. The Bertz CT molecular complexity index is 837. The van der Waals surface area contributed by atoms with Crippen molar-refractivity contribution < 1.29 is 14.3 Å². The molecule has 4 unspecified atom stereocenters. The Hall–Kier alpha value is -0.770. The molecule has 7 fully saturated rings. The zero-order chi connectivity index (χ0) is 22.6. The van der Waals surface area contributed by atoms with E-state index in [9.17, 15) is 4.79 Å². The highest BCUT2D eigenvalue weighted by molar-refractivity contribution is 5.68. The molecule has 1 amide bonds. The van der Waals surface area contributed by atoms with Crippen molar-refractivity contribution in [3.8, 4) is 0 Å². The minimum Gasteiger partial charge on any atom is -0.446 e. The van der Waals surface area contributed by atoms with Gasteiger partial charge in [-0.1, -0.05) is 20.8 Å². The summed E-state index contributed by atoms with van der Waals surface area (Å²) in [4.78, 5) is 12.6. The van der Waals surface area contributed by atoms with Crippen LogP contribution in [-0.2, 0) is 9.47 Å². The number of carbonyl (C=O) groups is 1. The molecule has 4 heteroatoms. The van der Waals surface area contributed by atoms with E-state index in [1.165, 1.54) is 64.2 Å². The van der Waals surface area contributed by atoms with Gasteiger partial charge >= 0.3 is 6.09 Å². The van der Waals surface area contributed by atoms with Gasteiger partial charge in [0.15, 0.2) is 0 Å². The van der Waals surface area contributed by atoms with Gasteiger partial charge in [0.25, 0.3) is 0 Å². The first-order valence-electron chi connectivity index (χ1n) is 14.4. The fourth-order valence-corrected chi connectivity index (χ4v) is 11.3. The van der Waals surface area contributed by atoms with E-state index in [0.717, 1.165) is 49.5 Å². The average molecular weight is 456 g/mol. The maximum Gasteiger partial charge on any atom is 0.407 e. The molecule has 0 aromatic rings. The molecule has 0 radical (unpaired) electrons. The summed E-state index contributed by atoms with van der Waals surface area (Å²) in [5.74, 6) is 3.37. The lowest BCUT2D eigenvalue weighted by Gasteiger charge is -2.59. The van der Waals surface area contributed by atoms with Crippen molar-refractivity contribution >= 4 is 6.09 Å². The molecule has 33 heavy (non-hydrogen) atoms. The molecule has 6 aliphatic carbocycles. The Balaban J connectivity index is 1.11. The van der Waals surface area contributed by atoms with Crippen LogP contribution in [0.25, 0.3) is 0 Å². The van der Waals surface area contributed by atoms with Crippen LogP contribution in [0, 0.1) is 45.3 Å². The Labute approximate surface area is 200 Å². The molecule has 0 bridgehead atoms. The Morgan fingerprint density at radius 1 is 0.879 bits per heavy atom. The Morgan fingerprint density at radius 3 is 2.52 bits per heavy atom. The summed E-state index contributed by atoms with van der Waals surface area (Å²) in [5.41, 5.74) is 1.82. The summed E-state index contributed by atoms with van der Waals surface area (Å²) >= 11 is 0. The van der Waals surface area contributed by atoms with Crippen molar-refractivity contribution in [3.63, 3.8) is 0 Å². The summed E-state index contributed by atoms with van der Waals surface area (Å²) in [6.45, 7) is 8.58. The number of fused-ring (bicyclic) bond motifs is 4. The highest BCUT2D eigenvalue weighted by Gasteiger charge is 2.80. The normalized spacial score (nSPS) is 53.9. The summed E-state index contributed by atoms with van der Waals surface area (Å²) in [7, 11) is 0. The first-order chi connectivity index (χ1) is 15.8. The first kappa shape index (κ1) is 21.5. The van der Waals surface area contributed by atoms with Gasteiger partial charge < -0.3 is 14.8 Å². The first-order valence-corrected chi connectivity index (χ1v) is 14.4. The minimum absolute atomic E-state index is 0.152. The fraction of sp³-hybridized carbons (Fsp3) is 0.966. The molecule has 0 aromatic heterocycles. The third-order valence-electron chi connectivity index (χ3n) is 13.1. The van der Waals surface area contributed by atoms with Crippen molar-refractivity contribution in [2.75, 3.05) is 6.61 Å². The van der Waals surface area contributed by atoms with E-state index in [1.54, 1.807) is 0 Å². The standard InChI is InChI=1S/C29H45NO3/c1-26(2)23-10-9-19-21-16-22-20(8-5-15-32-22)27(21,3)13-14-28(19)17-29(23,28)12-11-24(26)30-25(31)33-18-6-4-7-18/h18-24H,4-17H2,1-3H3,(H,30,31)/t19-,20?,21?,22+,23?,24-,27+,28?,29+/m0/s1. The minimum atomic E-state index is -0.157. The van der Waals surface area contributed by atoms with Gasteiger partial charge in [-0.05, 0) is 129 Å². The maximum atomic E-state index is 12.6. The molecule has 7 rings (SSSR count). The number of amides is 1. The smallest absolute Gasteiger partial charge is 0.407 e. The van der Waals surface area contributed by atoms with E-state index < -0.39 is 0 Å². The summed E-state index contributed by atoms with van der Waals surface area (Å²) in [5, 5.41) is 3.35. The van der Waals surface area contributed by atoms with Crippen LogP contribution in [0.2, 0.25) is 0 Å². The molecular weight excluding hydrogens is 410 g/mol. The predicted octanol–water partition coefficient (Wildman–Crippen LogP) is 6.47. The summed E-state index contributed by atoms with van der Waals surface area (Å²) in [6, 6.07) is 0.256. The van der Waals surface area contributed by atoms with Crippen LogP contribution in [0.5, 0.6) is 0 Å². The largest absolute Gasteiger partial charge is 0.446 e. The van der Waals surface area contributed by atoms with E-state index >= 15 is 0 Å². The lowest BCUT2D eigenvalue weighted by molar-refractivity contribution is -0.105. The zero-order valence-corrected chi connectivity index (χ0v) is 21.2. The zero-order valence-electron chi connectivity index (χ0n) is 21.2. The van der Waals surface area contributed by atoms with Crippen molar-refractivity contribution in [2.45, 2.75) is 122 Å². The maximum absolute atomic E-state index is 12.6. The van der Waals surface area contributed by atoms with Crippen LogP contribution in [0.15, 0.2) is 0 Å². The van der Waals surface area contributed by atoms with Gasteiger partial charge in [-0.25, -0.2) is 4.79 Å². The van der Waals surface area contributed by atoms with Crippen molar-refractivity contribution in [3.05, 3.63) is 0 Å². The van der Waals surface area contributed by atoms with Crippen LogP contribution >= 0.6 is 0 Å². The van der Waals surface area contributed by atoms with Crippen LogP contribution in [0.1, 0.15) is 104 Å². The predicted molar refractivity (Wildman–Crippen MR) is 128 cm³/mol. The quantitative estimate of drug-likeness (QED) is 0.519. The van der Waals surface area contributed by atoms with Crippen LogP contribution < -0.4 is 5.32 Å². The molecule has 9 atom stereocenters. The second kappa shape index (κ2) is 6.92. The van der Waals surface area contributed by atoms with Gasteiger partial charge in [0, 0.05) is 12.6 Å². The number of carbonyl (C=O) groups excluding carboxylic acids is 1. The number of nitrogens with one attached hydrogen (secondary N) is 1. The second-order valence-electron chi connectivity index (χ2n) is 14.2. The molecular formula is C29H45NO3. The monoisotopic (exact) mass is 455 g/mol. The van der Waals surface area contributed by atoms with E-state index in [-0.39, 0.29) is 23.7 Å². The van der Waals surface area contributed by atoms with Crippen molar-refractivity contribution in [1.29, 1.82) is 0 Å². The van der Waals surface area contributed by atoms with Gasteiger partial charge in [0.05, 0.1) is 6.10 Å². The molecule has 184 valence electrons. The number of rotatable bonds is 2. The van der Waals surface area contributed by atoms with E-state index in [2.05, 4.69) is 26.1 Å². The molecule has 6 saturated carbocycles. The topological polar surface area (TPSA) is 47.6 Å². The average Bonchev–Trinajstić information content (AvgIpc) is 3.33. The van der Waals surface area contributed by atoms with Crippen LogP contribution in [-0.4, -0.2) is 30.9 Å². The van der Waals surface area contributed by atoms with E-state index in [1.807, 2.05) is 0 Å². The molecule has 2 spiro atoms. The number of hydrogen-bond donors (Lipinski definition) is 1. The van der Waals surface area contributed by atoms with Gasteiger partial charge in [-0.15, -0.1) is 0 Å². The molecule has 1 aliphatic heterocycles. The number of hydrogen-bond acceptors (Lipinski definition) is 3. The van der Waals surface area contributed by atoms with Gasteiger partial charge in [-0.3, -0.25) is 0 Å². The van der Waals surface area contributed by atoms with Crippen LogP contribution in [0.4, 0.5) is 4.79 Å². The Kier molecular flexibility index (Phi) is 4.51. The van der Waals surface area contributed by atoms with E-state index in [0.29, 0.717) is 22.3 Å². The highest BCUT2D eigenvalue weighted by Crippen LogP contribution is 2.87. The van der Waals surface area contributed by atoms with Crippen molar-refractivity contribution in [2.24, 2.45) is 45.3 Å². The summed E-state index contributed by atoms with van der Waals surface area (Å²) in [6.07, 6.45) is 17.5. The van der Waals surface area contributed by atoms with E-state index in [4.69, 9.17) is 9.47 Å². The SMILES string of the molecule is CC1(C)C2CC[C@H]3C4C[C@H]5OCCCC5[C@@]4(C)CCC34C[C@]24CC[C@@H]1NC(=O)OC1CCC1. The van der Waals surface area contributed by atoms with Crippen LogP contribution in [0.3, 0.4) is 0 Å². The lowest BCUT2D eigenvalue weighted by Crippen LogP contribution is -2.58. The molecule has 0 aromatic carbocycles. The molecule has 1 saturated heterocycles. The molecule has 4 nitrogen and oxygen atoms in total. The number of ether oxygens (including phenoxy) is 2. The van der Waals surface area contributed by atoms with Gasteiger partial charge in [0.2, 0.25) is 0 Å². The lowest BCUT2D eigenvalue weighted by atomic mass is 9.46.